The van der Waals surface area contributed by atoms with Gasteiger partial charge in [-0.15, -0.1) is 0 Å². The van der Waals surface area contributed by atoms with Gasteiger partial charge in [-0.05, 0) is 34.4 Å². The molecular weight excluding hydrogens is 330 g/mol. The van der Waals surface area contributed by atoms with E-state index in [1.165, 1.54) is 0 Å². The molecule has 0 amide bonds. The van der Waals surface area contributed by atoms with E-state index in [9.17, 15) is 0 Å². The molecule has 1 atom stereocenters. The Morgan fingerprint density at radius 2 is 1.36 bits per heavy atom. The summed E-state index contributed by atoms with van der Waals surface area (Å²) in [6, 6.07) is 28.5. The summed E-state index contributed by atoms with van der Waals surface area (Å²) < 4.78 is 0. The molecule has 0 aliphatic carbocycles. The lowest BCUT2D eigenvalue weighted by Gasteiger charge is -2.20. The van der Waals surface area contributed by atoms with Crippen LogP contribution in [-0.2, 0) is 0 Å². The van der Waals surface area contributed by atoms with Gasteiger partial charge in [0.2, 0.25) is 0 Å². The molecule has 0 bridgehead atoms. The van der Waals surface area contributed by atoms with Crippen molar-refractivity contribution in [2.45, 2.75) is 6.17 Å². The summed E-state index contributed by atoms with van der Waals surface area (Å²) in [7, 11) is 0. The molecule has 122 valence electrons. The van der Waals surface area contributed by atoms with Gasteiger partial charge in [0, 0.05) is 5.56 Å². The molecule has 3 nitrogen and oxygen atoms in total. The van der Waals surface area contributed by atoms with Crippen LogP contribution in [0.4, 0.5) is 0 Å². The quantitative estimate of drug-likeness (QED) is 0.666. The Kier molecular flexibility index (Phi) is 4.32. The first-order valence-electron chi connectivity index (χ1n) is 8.09. The van der Waals surface area contributed by atoms with Gasteiger partial charge in [0.15, 0.2) is 11.1 Å². The Morgan fingerprint density at radius 3 is 2.12 bits per heavy atom. The Labute approximate surface area is 151 Å². The molecule has 25 heavy (non-hydrogen) atoms. The van der Waals surface area contributed by atoms with E-state index >= 15 is 0 Å². The monoisotopic (exact) mass is 345 g/mol. The van der Waals surface area contributed by atoms with Gasteiger partial charge in [0.25, 0.3) is 0 Å². The van der Waals surface area contributed by atoms with Crippen LogP contribution in [0.3, 0.4) is 0 Å². The zero-order valence-corrected chi connectivity index (χ0v) is 14.2. The fourth-order valence-electron chi connectivity index (χ4n) is 2.82. The van der Waals surface area contributed by atoms with Crippen molar-refractivity contribution in [2.75, 3.05) is 0 Å². The molecule has 1 aliphatic rings. The van der Waals surface area contributed by atoms with Gasteiger partial charge in [0.1, 0.15) is 6.17 Å². The SMILES string of the molecule is ClC1=NC(c2cccc(-c3ccccc3)c2)=NC(c2ccccc2)N1. The van der Waals surface area contributed by atoms with E-state index in [0.29, 0.717) is 11.1 Å². The van der Waals surface area contributed by atoms with Crippen LogP contribution in [0.5, 0.6) is 0 Å². The molecule has 1 N–H and O–H groups in total. The van der Waals surface area contributed by atoms with Crippen molar-refractivity contribution < 1.29 is 0 Å². The number of hydrogen-bond acceptors (Lipinski definition) is 3. The highest BCUT2D eigenvalue weighted by atomic mass is 35.5. The summed E-state index contributed by atoms with van der Waals surface area (Å²) in [5.41, 5.74) is 4.28. The van der Waals surface area contributed by atoms with E-state index in [2.05, 4.69) is 34.6 Å². The summed E-state index contributed by atoms with van der Waals surface area (Å²) >= 11 is 6.22. The van der Waals surface area contributed by atoms with Crippen molar-refractivity contribution in [1.29, 1.82) is 0 Å². The molecule has 1 heterocycles. The maximum absolute atomic E-state index is 6.22. The van der Waals surface area contributed by atoms with Gasteiger partial charge in [-0.2, -0.15) is 0 Å². The fourth-order valence-corrected chi connectivity index (χ4v) is 3.01. The third kappa shape index (κ3) is 3.47. The van der Waals surface area contributed by atoms with E-state index < -0.39 is 0 Å². The van der Waals surface area contributed by atoms with Crippen LogP contribution in [0.2, 0.25) is 0 Å². The molecule has 3 aromatic carbocycles. The smallest absolute Gasteiger partial charge is 0.199 e. The summed E-state index contributed by atoms with van der Waals surface area (Å²) in [6.45, 7) is 0. The van der Waals surface area contributed by atoms with Crippen LogP contribution in [0.15, 0.2) is 94.9 Å². The third-order valence-corrected chi connectivity index (χ3v) is 4.25. The number of amidine groups is 2. The first-order valence-corrected chi connectivity index (χ1v) is 8.47. The Bertz CT molecular complexity index is 934. The summed E-state index contributed by atoms with van der Waals surface area (Å²) in [5.74, 6) is 0.635. The topological polar surface area (TPSA) is 36.8 Å². The highest BCUT2D eigenvalue weighted by molar-refractivity contribution is 6.65. The highest BCUT2D eigenvalue weighted by Crippen LogP contribution is 2.24. The lowest BCUT2D eigenvalue weighted by Crippen LogP contribution is -2.29. The molecule has 0 aromatic heterocycles. The molecular formula is C21H16ClN3. The average molecular weight is 346 g/mol. The molecule has 1 unspecified atom stereocenters. The second-order valence-electron chi connectivity index (χ2n) is 5.76. The number of rotatable bonds is 3. The van der Waals surface area contributed by atoms with Crippen LogP contribution in [0.1, 0.15) is 17.3 Å². The Morgan fingerprint density at radius 1 is 0.720 bits per heavy atom. The van der Waals surface area contributed by atoms with Crippen LogP contribution >= 0.6 is 11.6 Å². The van der Waals surface area contributed by atoms with Gasteiger partial charge >= 0.3 is 0 Å². The molecule has 4 rings (SSSR count). The number of halogens is 1. The predicted molar refractivity (Wildman–Crippen MR) is 104 cm³/mol. The Balaban J connectivity index is 1.72. The van der Waals surface area contributed by atoms with Gasteiger partial charge in [-0.1, -0.05) is 78.9 Å². The fraction of sp³-hybridized carbons (Fsp3) is 0.0476. The summed E-state index contributed by atoms with van der Waals surface area (Å²) in [5, 5.41) is 3.46. The second kappa shape index (κ2) is 6.91. The van der Waals surface area contributed by atoms with E-state index in [-0.39, 0.29) is 6.17 Å². The molecule has 1 aliphatic heterocycles. The zero-order chi connectivity index (χ0) is 17.1. The highest BCUT2D eigenvalue weighted by Gasteiger charge is 2.18. The molecule has 4 heteroatoms. The largest absolute Gasteiger partial charge is 0.335 e. The minimum Gasteiger partial charge on any atom is -0.335 e. The standard InChI is InChI=1S/C21H16ClN3/c22-21-24-19(16-10-5-2-6-11-16)23-20(25-21)18-13-7-12-17(14-18)15-8-3-1-4-9-15/h1-14,19H,(H,23,24,25). The number of nitrogens with one attached hydrogen (secondary N) is 1. The van der Waals surface area contributed by atoms with E-state index in [0.717, 1.165) is 22.3 Å². The van der Waals surface area contributed by atoms with Crippen LogP contribution in [0, 0.1) is 0 Å². The molecule has 0 saturated carbocycles. The molecule has 0 saturated heterocycles. The maximum Gasteiger partial charge on any atom is 0.199 e. The van der Waals surface area contributed by atoms with Crippen LogP contribution < -0.4 is 5.32 Å². The van der Waals surface area contributed by atoms with Crippen molar-refractivity contribution in [3.8, 4) is 11.1 Å². The second-order valence-corrected chi connectivity index (χ2v) is 6.12. The zero-order valence-electron chi connectivity index (χ0n) is 13.4. The lowest BCUT2D eigenvalue weighted by atomic mass is 10.0. The van der Waals surface area contributed by atoms with Crippen molar-refractivity contribution in [2.24, 2.45) is 9.98 Å². The minimum atomic E-state index is -0.235. The average Bonchev–Trinajstić information content (AvgIpc) is 2.69. The normalized spacial score (nSPS) is 16.6. The van der Waals surface area contributed by atoms with Gasteiger partial charge in [-0.3, -0.25) is 0 Å². The summed E-state index contributed by atoms with van der Waals surface area (Å²) in [4.78, 5) is 9.13. The molecule has 0 fully saturated rings. The molecule has 0 radical (unpaired) electrons. The Hall–Kier alpha value is -2.91. The maximum atomic E-state index is 6.22. The van der Waals surface area contributed by atoms with Gasteiger partial charge in [-0.25, -0.2) is 9.98 Å². The van der Waals surface area contributed by atoms with Crippen molar-refractivity contribution in [3.05, 3.63) is 96.1 Å². The van der Waals surface area contributed by atoms with Crippen molar-refractivity contribution >= 4 is 22.7 Å². The molecule has 0 spiro atoms. The number of aliphatic imine (C=N–C) groups is 2. The van der Waals surface area contributed by atoms with Gasteiger partial charge in [0.05, 0.1) is 0 Å². The van der Waals surface area contributed by atoms with Crippen molar-refractivity contribution in [1.82, 2.24) is 5.32 Å². The van der Waals surface area contributed by atoms with Crippen LogP contribution in [-0.4, -0.2) is 11.1 Å². The summed E-state index contributed by atoms with van der Waals surface area (Å²) in [6.07, 6.45) is -0.235. The predicted octanol–water partition coefficient (Wildman–Crippen LogP) is 5.00. The van der Waals surface area contributed by atoms with E-state index in [1.54, 1.807) is 0 Å². The van der Waals surface area contributed by atoms with Crippen LogP contribution in [0.25, 0.3) is 11.1 Å². The number of nitrogens with zero attached hydrogens (tertiary/aromatic N) is 2. The first-order chi connectivity index (χ1) is 12.3. The molecule has 3 aromatic rings. The third-order valence-electron chi connectivity index (χ3n) is 4.05. The van der Waals surface area contributed by atoms with Gasteiger partial charge < -0.3 is 5.32 Å². The van der Waals surface area contributed by atoms with E-state index in [1.807, 2.05) is 60.7 Å². The first kappa shape index (κ1) is 15.6. The van der Waals surface area contributed by atoms with E-state index in [4.69, 9.17) is 16.6 Å². The number of hydrogen-bond donors (Lipinski definition) is 1. The minimum absolute atomic E-state index is 0.235. The number of benzene rings is 3. The lowest BCUT2D eigenvalue weighted by molar-refractivity contribution is 0.680. The van der Waals surface area contributed by atoms with Crippen molar-refractivity contribution in [3.63, 3.8) is 0 Å².